The van der Waals surface area contributed by atoms with Crippen LogP contribution >= 0.6 is 0 Å². The monoisotopic (exact) mass is 401 g/mol. The zero-order valence-electron chi connectivity index (χ0n) is 17.5. The van der Waals surface area contributed by atoms with E-state index in [0.717, 1.165) is 19.3 Å². The van der Waals surface area contributed by atoms with Crippen LogP contribution in [0.25, 0.3) is 0 Å². The van der Waals surface area contributed by atoms with Gasteiger partial charge in [0.25, 0.3) is 0 Å². The Bertz CT molecular complexity index is 408. The summed E-state index contributed by atoms with van der Waals surface area (Å²) in [6.45, 7) is 2.21. The number of carboxylic acids is 2. The summed E-state index contributed by atoms with van der Waals surface area (Å²) in [5.41, 5.74) is 5.36. The zero-order valence-corrected chi connectivity index (χ0v) is 21.5. The van der Waals surface area contributed by atoms with Crippen LogP contribution in [-0.4, -0.2) is 23.8 Å². The molecule has 0 aliphatic heterocycles. The van der Waals surface area contributed by atoms with Gasteiger partial charge in [0.2, 0.25) is 0 Å². The summed E-state index contributed by atoms with van der Waals surface area (Å²) in [6, 6.07) is -1.60. The standard InChI is InChI=1S/C19H35NO5.2Na/c1-2-3-4-5-6-7-8-9-10-11-12-13-16(21)15(14-17(22)23)18(20)19(24)25;;/h15,18H,2-14,20H2,1H3,(H,22,23)(H,24,25);;/q;2*+1/p-2/t15?,18-;;/m0../s1. The van der Waals surface area contributed by atoms with Crippen molar-refractivity contribution in [1.29, 1.82) is 0 Å². The molecule has 0 spiro atoms. The van der Waals surface area contributed by atoms with Crippen molar-refractivity contribution in [2.45, 2.75) is 96.4 Å². The fourth-order valence-electron chi connectivity index (χ4n) is 2.93. The van der Waals surface area contributed by atoms with Crippen LogP contribution in [0.5, 0.6) is 0 Å². The first-order valence-electron chi connectivity index (χ1n) is 9.59. The Morgan fingerprint density at radius 1 is 0.778 bits per heavy atom. The Hall–Kier alpha value is 0.570. The molecule has 0 aromatic rings. The van der Waals surface area contributed by atoms with Crippen molar-refractivity contribution in [3.63, 3.8) is 0 Å². The molecule has 0 aliphatic carbocycles. The number of rotatable bonds is 17. The number of carboxylic acid groups (broad SMARTS) is 2. The van der Waals surface area contributed by atoms with Gasteiger partial charge < -0.3 is 25.5 Å². The zero-order chi connectivity index (χ0) is 19.1. The van der Waals surface area contributed by atoms with Crippen molar-refractivity contribution >= 4 is 17.7 Å². The summed E-state index contributed by atoms with van der Waals surface area (Å²) in [5, 5.41) is 21.5. The van der Waals surface area contributed by atoms with Crippen LogP contribution in [0, 0.1) is 5.92 Å². The molecule has 2 N–H and O–H groups in total. The molecule has 0 saturated heterocycles. The van der Waals surface area contributed by atoms with Crippen LogP contribution < -0.4 is 75.1 Å². The topological polar surface area (TPSA) is 123 Å². The van der Waals surface area contributed by atoms with Crippen LogP contribution in [0.3, 0.4) is 0 Å². The van der Waals surface area contributed by atoms with Gasteiger partial charge in [0, 0.05) is 18.3 Å². The Balaban J connectivity index is -0.00000288. The first-order valence-corrected chi connectivity index (χ1v) is 9.59. The van der Waals surface area contributed by atoms with Crippen LogP contribution in [0.2, 0.25) is 0 Å². The van der Waals surface area contributed by atoms with Crippen LogP contribution in [-0.2, 0) is 14.4 Å². The van der Waals surface area contributed by atoms with E-state index in [-0.39, 0.29) is 65.5 Å². The maximum Gasteiger partial charge on any atom is 1.00 e. The molecule has 146 valence electrons. The Kier molecular flexibility index (Phi) is 25.4. The van der Waals surface area contributed by atoms with Crippen molar-refractivity contribution in [2.24, 2.45) is 11.7 Å². The second kappa shape index (κ2) is 21.3. The second-order valence-electron chi connectivity index (χ2n) is 6.78. The van der Waals surface area contributed by atoms with E-state index in [9.17, 15) is 24.6 Å². The Labute approximate surface area is 208 Å². The first kappa shape index (κ1) is 32.2. The molecule has 0 aromatic heterocycles. The average molecular weight is 401 g/mol. The minimum Gasteiger partial charge on any atom is -0.550 e. The molecule has 0 saturated carbocycles. The van der Waals surface area contributed by atoms with Gasteiger partial charge in [-0.05, 0) is 12.8 Å². The molecule has 2 atom stereocenters. The molecule has 1 unspecified atom stereocenters. The maximum absolute atomic E-state index is 12.0. The van der Waals surface area contributed by atoms with Gasteiger partial charge in [-0.2, -0.15) is 0 Å². The fraction of sp³-hybridized carbons (Fsp3) is 0.842. The van der Waals surface area contributed by atoms with Crippen LogP contribution in [0.1, 0.15) is 90.4 Å². The Morgan fingerprint density at radius 3 is 1.56 bits per heavy atom. The molecule has 0 heterocycles. The molecule has 0 bridgehead atoms. The number of aliphatic carboxylic acids is 2. The van der Waals surface area contributed by atoms with Gasteiger partial charge in [-0.1, -0.05) is 71.1 Å². The number of unbranched alkanes of at least 4 members (excludes halogenated alkanes) is 10. The van der Waals surface area contributed by atoms with Crippen molar-refractivity contribution in [1.82, 2.24) is 0 Å². The van der Waals surface area contributed by atoms with E-state index >= 15 is 0 Å². The normalized spacial score (nSPS) is 12.4. The summed E-state index contributed by atoms with van der Waals surface area (Å²) in [5.74, 6) is -4.79. The first-order chi connectivity index (χ1) is 11.9. The summed E-state index contributed by atoms with van der Waals surface area (Å²) in [7, 11) is 0. The molecule has 0 radical (unpaired) electrons. The number of hydrogen-bond donors (Lipinski definition) is 1. The molecule has 0 rings (SSSR count). The van der Waals surface area contributed by atoms with Crippen LogP contribution in [0.15, 0.2) is 0 Å². The summed E-state index contributed by atoms with van der Waals surface area (Å²) in [4.78, 5) is 33.5. The predicted molar refractivity (Wildman–Crippen MR) is 92.2 cm³/mol. The van der Waals surface area contributed by atoms with Gasteiger partial charge in [-0.3, -0.25) is 4.79 Å². The minimum absolute atomic E-state index is 0. The molecule has 6 nitrogen and oxygen atoms in total. The summed E-state index contributed by atoms with van der Waals surface area (Å²) < 4.78 is 0. The van der Waals surface area contributed by atoms with Gasteiger partial charge in [0.1, 0.15) is 5.78 Å². The molecule has 0 amide bonds. The third-order valence-corrected chi connectivity index (χ3v) is 4.53. The van der Waals surface area contributed by atoms with Crippen LogP contribution in [0.4, 0.5) is 0 Å². The molecular weight excluding hydrogens is 368 g/mol. The third-order valence-electron chi connectivity index (χ3n) is 4.53. The number of Topliss-reactive ketones (excluding diaryl/α,β-unsaturated/α-hetero) is 1. The van der Waals surface area contributed by atoms with Gasteiger partial charge in [-0.25, -0.2) is 0 Å². The molecular formula is C19H33NNa2O5. The average Bonchev–Trinajstić information content (AvgIpc) is 2.56. The van der Waals surface area contributed by atoms with Gasteiger partial charge >= 0.3 is 59.1 Å². The van der Waals surface area contributed by atoms with E-state index in [4.69, 9.17) is 5.73 Å². The molecule has 0 aromatic carbocycles. The summed E-state index contributed by atoms with van der Waals surface area (Å²) >= 11 is 0. The Morgan fingerprint density at radius 2 is 1.19 bits per heavy atom. The van der Waals surface area contributed by atoms with Crippen molar-refractivity contribution in [3.05, 3.63) is 0 Å². The molecule has 27 heavy (non-hydrogen) atoms. The van der Waals surface area contributed by atoms with E-state index in [1.807, 2.05) is 0 Å². The fourth-order valence-corrected chi connectivity index (χ4v) is 2.93. The number of ketones is 1. The van der Waals surface area contributed by atoms with Crippen molar-refractivity contribution in [3.8, 4) is 0 Å². The van der Waals surface area contributed by atoms with Crippen molar-refractivity contribution in [2.75, 3.05) is 0 Å². The molecule has 8 heteroatoms. The molecule has 0 fully saturated rings. The number of nitrogens with two attached hydrogens (primary N) is 1. The number of carbonyl (C=O) groups is 3. The minimum atomic E-state index is -1.61. The second-order valence-corrected chi connectivity index (χ2v) is 6.78. The van der Waals surface area contributed by atoms with E-state index in [1.54, 1.807) is 0 Å². The SMILES string of the molecule is CCCCCCCCCCCCCC(=O)C(CC(=O)[O-])[C@H](N)C(=O)[O-].[Na+].[Na+]. The van der Waals surface area contributed by atoms with Gasteiger partial charge in [0.15, 0.2) is 0 Å². The third kappa shape index (κ3) is 18.3. The number of carbonyl (C=O) groups excluding carboxylic acids is 3. The summed E-state index contributed by atoms with van der Waals surface area (Å²) in [6.07, 6.45) is 12.1. The van der Waals surface area contributed by atoms with Gasteiger partial charge in [0.05, 0.1) is 12.0 Å². The smallest absolute Gasteiger partial charge is 0.550 e. The van der Waals surface area contributed by atoms with E-state index < -0.39 is 36.1 Å². The molecule has 0 aliphatic rings. The van der Waals surface area contributed by atoms with E-state index in [1.165, 1.54) is 44.9 Å². The van der Waals surface area contributed by atoms with E-state index in [0.29, 0.717) is 6.42 Å². The maximum atomic E-state index is 12.0. The van der Waals surface area contributed by atoms with Gasteiger partial charge in [-0.15, -0.1) is 0 Å². The van der Waals surface area contributed by atoms with E-state index in [2.05, 4.69) is 6.92 Å². The largest absolute Gasteiger partial charge is 1.00 e. The number of hydrogen-bond acceptors (Lipinski definition) is 6. The predicted octanol–water partition coefficient (Wildman–Crippen LogP) is -4.90. The van der Waals surface area contributed by atoms with Crippen molar-refractivity contribution < 1.29 is 83.7 Å². The quantitative estimate of drug-likeness (QED) is 0.193.